The summed E-state index contributed by atoms with van der Waals surface area (Å²) in [6, 6.07) is 0. The quantitative estimate of drug-likeness (QED) is 0.536. The minimum Gasteiger partial charge on any atom is -0.458 e. The van der Waals surface area contributed by atoms with Gasteiger partial charge in [-0.05, 0) is 27.2 Å². The first-order chi connectivity index (χ1) is 9.26. The molecule has 2 N–H and O–H groups in total. The highest BCUT2D eigenvalue weighted by Gasteiger charge is 2.12. The van der Waals surface area contributed by atoms with Crippen LogP contribution in [-0.4, -0.2) is 48.1 Å². The van der Waals surface area contributed by atoms with Gasteiger partial charge >= 0.3 is 11.9 Å². The minimum absolute atomic E-state index is 0.0186. The number of aliphatic hydroxyl groups excluding tert-OH is 2. The van der Waals surface area contributed by atoms with E-state index in [0.29, 0.717) is 17.6 Å². The summed E-state index contributed by atoms with van der Waals surface area (Å²) in [5.41, 5.74) is 0.626. The van der Waals surface area contributed by atoms with E-state index < -0.39 is 18.0 Å². The van der Waals surface area contributed by atoms with Crippen LogP contribution in [0.15, 0.2) is 24.3 Å². The van der Waals surface area contributed by atoms with E-state index in [0.717, 1.165) is 0 Å². The fourth-order valence-electron chi connectivity index (χ4n) is 0.704. The van der Waals surface area contributed by atoms with E-state index in [1.54, 1.807) is 20.8 Å². The summed E-state index contributed by atoms with van der Waals surface area (Å²) in [4.78, 5) is 22.0. The van der Waals surface area contributed by atoms with Crippen molar-refractivity contribution in [2.75, 3.05) is 19.8 Å². The average Bonchev–Trinajstić information content (AvgIpc) is 2.37. The summed E-state index contributed by atoms with van der Waals surface area (Å²) < 4.78 is 9.70. The summed E-state index contributed by atoms with van der Waals surface area (Å²) in [6.45, 7) is 11.8. The Morgan fingerprint density at radius 2 is 1.50 bits per heavy atom. The Labute approximate surface area is 119 Å². The molecular weight excluding hydrogens is 264 g/mol. The fraction of sp³-hybridized carbons (Fsp3) is 0.571. The lowest BCUT2D eigenvalue weighted by Crippen LogP contribution is -2.22. The lowest BCUT2D eigenvalue weighted by Gasteiger charge is -2.13. The van der Waals surface area contributed by atoms with Crippen molar-refractivity contribution in [1.29, 1.82) is 0 Å². The monoisotopic (exact) mass is 288 g/mol. The van der Waals surface area contributed by atoms with Crippen LogP contribution in [0.3, 0.4) is 0 Å². The highest BCUT2D eigenvalue weighted by Crippen LogP contribution is 2.00. The van der Waals surface area contributed by atoms with Gasteiger partial charge in [-0.15, -0.1) is 0 Å². The number of carbonyl (C=O) groups is 2. The van der Waals surface area contributed by atoms with Crippen molar-refractivity contribution in [2.24, 2.45) is 0 Å². The third-order valence-electron chi connectivity index (χ3n) is 1.77. The number of esters is 2. The summed E-state index contributed by atoms with van der Waals surface area (Å²) in [5, 5.41) is 15.8. The first-order valence-corrected chi connectivity index (χ1v) is 6.17. The molecule has 0 saturated carbocycles. The van der Waals surface area contributed by atoms with Crippen LogP contribution in [0.5, 0.6) is 0 Å². The van der Waals surface area contributed by atoms with E-state index in [2.05, 4.69) is 13.2 Å². The molecule has 1 unspecified atom stereocenters. The molecule has 0 rings (SSSR count). The van der Waals surface area contributed by atoms with Crippen LogP contribution >= 0.6 is 0 Å². The van der Waals surface area contributed by atoms with Gasteiger partial charge in [0.2, 0.25) is 0 Å². The smallest absolute Gasteiger partial charge is 0.333 e. The minimum atomic E-state index is -0.492. The van der Waals surface area contributed by atoms with Crippen molar-refractivity contribution in [3.63, 3.8) is 0 Å². The molecule has 0 aromatic rings. The lowest BCUT2D eigenvalue weighted by atomic mass is 10.3. The second-order valence-corrected chi connectivity index (χ2v) is 4.18. The predicted octanol–water partition coefficient (Wildman–Crippen LogP) is 0.975. The van der Waals surface area contributed by atoms with Gasteiger partial charge in [-0.1, -0.05) is 13.2 Å². The molecule has 0 radical (unpaired) electrons. The molecule has 0 aliphatic heterocycles. The highest BCUT2D eigenvalue weighted by atomic mass is 16.6. The van der Waals surface area contributed by atoms with Gasteiger partial charge in [0.15, 0.2) is 0 Å². The summed E-state index contributed by atoms with van der Waals surface area (Å²) in [5.74, 6) is -0.984. The zero-order valence-corrected chi connectivity index (χ0v) is 12.3. The molecule has 0 aromatic heterocycles. The van der Waals surface area contributed by atoms with E-state index in [1.807, 2.05) is 0 Å². The van der Waals surface area contributed by atoms with Crippen LogP contribution in [0, 0.1) is 0 Å². The first-order valence-electron chi connectivity index (χ1n) is 6.17. The molecule has 0 aliphatic rings. The maximum atomic E-state index is 11.1. The van der Waals surface area contributed by atoms with Gasteiger partial charge in [0.25, 0.3) is 0 Å². The van der Waals surface area contributed by atoms with Crippen molar-refractivity contribution < 1.29 is 29.3 Å². The zero-order valence-electron chi connectivity index (χ0n) is 12.3. The molecule has 116 valence electrons. The molecule has 0 spiro atoms. The molecule has 0 saturated heterocycles. The first kappa shape index (κ1) is 20.7. The molecule has 1 atom stereocenters. The van der Waals surface area contributed by atoms with Crippen LogP contribution in [0.4, 0.5) is 0 Å². The number of carbonyl (C=O) groups excluding carboxylic acids is 2. The Balaban J connectivity index is 0. The van der Waals surface area contributed by atoms with Gasteiger partial charge in [0, 0.05) is 24.4 Å². The second-order valence-electron chi connectivity index (χ2n) is 4.18. The highest BCUT2D eigenvalue weighted by molar-refractivity contribution is 5.87. The summed E-state index contributed by atoms with van der Waals surface area (Å²) >= 11 is 0. The number of hydrogen-bond donors (Lipinski definition) is 2. The van der Waals surface area contributed by atoms with Crippen LogP contribution < -0.4 is 0 Å². The third-order valence-corrected chi connectivity index (χ3v) is 1.77. The van der Waals surface area contributed by atoms with Gasteiger partial charge in [0.05, 0.1) is 0 Å². The maximum Gasteiger partial charge on any atom is 0.333 e. The number of ether oxygens (including phenoxy) is 2. The third kappa shape index (κ3) is 12.8. The average molecular weight is 288 g/mol. The Morgan fingerprint density at radius 3 is 1.80 bits per heavy atom. The molecule has 0 aromatic carbocycles. The molecule has 0 fully saturated rings. The van der Waals surface area contributed by atoms with Crippen molar-refractivity contribution in [2.45, 2.75) is 33.3 Å². The molecule has 0 aliphatic carbocycles. The topological polar surface area (TPSA) is 93.1 Å². The van der Waals surface area contributed by atoms with Crippen molar-refractivity contribution in [1.82, 2.24) is 0 Å². The molecule has 20 heavy (non-hydrogen) atoms. The Kier molecular flexibility index (Phi) is 12.8. The van der Waals surface area contributed by atoms with Gasteiger partial charge in [0.1, 0.15) is 12.7 Å². The molecular formula is C14H24O6. The summed E-state index contributed by atoms with van der Waals surface area (Å²) in [7, 11) is 0. The number of hydrogen-bond acceptors (Lipinski definition) is 6. The van der Waals surface area contributed by atoms with Crippen LogP contribution in [0.2, 0.25) is 0 Å². The zero-order chi connectivity index (χ0) is 16.1. The van der Waals surface area contributed by atoms with Gasteiger partial charge in [-0.2, -0.15) is 0 Å². The lowest BCUT2D eigenvalue weighted by molar-refractivity contribution is -0.152. The van der Waals surface area contributed by atoms with E-state index in [9.17, 15) is 9.59 Å². The van der Waals surface area contributed by atoms with Gasteiger partial charge in [-0.3, -0.25) is 0 Å². The van der Waals surface area contributed by atoms with Crippen LogP contribution in [-0.2, 0) is 19.1 Å². The van der Waals surface area contributed by atoms with E-state index >= 15 is 0 Å². The Hall–Kier alpha value is -1.66. The molecule has 0 bridgehead atoms. The van der Waals surface area contributed by atoms with Crippen molar-refractivity contribution >= 4 is 11.9 Å². The van der Waals surface area contributed by atoms with E-state index in [4.69, 9.17) is 19.7 Å². The van der Waals surface area contributed by atoms with E-state index in [1.165, 1.54) is 0 Å². The van der Waals surface area contributed by atoms with Crippen LogP contribution in [0.25, 0.3) is 0 Å². The predicted molar refractivity (Wildman–Crippen MR) is 74.9 cm³/mol. The molecule has 6 nitrogen and oxygen atoms in total. The molecule has 6 heteroatoms. The molecule has 0 amide bonds. The number of aliphatic hydroxyl groups is 2. The fourth-order valence-corrected chi connectivity index (χ4v) is 0.704. The van der Waals surface area contributed by atoms with E-state index in [-0.39, 0.29) is 19.8 Å². The Morgan fingerprint density at radius 1 is 1.05 bits per heavy atom. The Bertz CT molecular complexity index is 333. The SMILES string of the molecule is C=C(C)C(=O)OCC(C)OC(=O)C(=C)C.OCCCO. The standard InChI is InChI=1S/C11H16O4.C3H8O2/c1-7(2)10(12)14-6-9(5)15-11(13)8(3)4;4-2-1-3-5/h9H,1,3,6H2,2,4-5H3;4-5H,1-3H2. The molecule has 0 heterocycles. The van der Waals surface area contributed by atoms with Crippen LogP contribution in [0.1, 0.15) is 27.2 Å². The normalized spacial score (nSPS) is 10.7. The van der Waals surface area contributed by atoms with Crippen molar-refractivity contribution in [3.8, 4) is 0 Å². The largest absolute Gasteiger partial charge is 0.458 e. The van der Waals surface area contributed by atoms with Gasteiger partial charge < -0.3 is 19.7 Å². The second kappa shape index (κ2) is 12.4. The summed E-state index contributed by atoms with van der Waals surface area (Å²) in [6.07, 6.45) is 0.0116. The van der Waals surface area contributed by atoms with Gasteiger partial charge in [-0.25, -0.2) is 9.59 Å². The maximum absolute atomic E-state index is 11.1. The van der Waals surface area contributed by atoms with Crippen molar-refractivity contribution in [3.05, 3.63) is 24.3 Å². The number of rotatable bonds is 7.